The summed E-state index contributed by atoms with van der Waals surface area (Å²) in [6.07, 6.45) is 0. The van der Waals surface area contributed by atoms with Crippen molar-refractivity contribution in [3.05, 3.63) is 0 Å². The van der Waals surface area contributed by atoms with Gasteiger partial charge < -0.3 is 0 Å². The molecule has 0 unspecified atom stereocenters. The van der Waals surface area contributed by atoms with Crippen LogP contribution in [0.2, 0.25) is 0 Å². The fourth-order valence-electron chi connectivity index (χ4n) is 0. The summed E-state index contributed by atoms with van der Waals surface area (Å²) in [5.41, 5.74) is 0. The molecular weight excluding hydrogens is 204 g/mol. The molecule has 0 aliphatic carbocycles. The van der Waals surface area contributed by atoms with Gasteiger partial charge in [-0.3, -0.25) is 0 Å². The Morgan fingerprint density at radius 2 is 0.294 bits per heavy atom. The van der Waals surface area contributed by atoms with E-state index in [-0.39, 0.29) is 8.85 Å². The first-order valence-corrected chi connectivity index (χ1v) is 8.00. The second kappa shape index (κ2) is 0. The molecule has 0 aromatic carbocycles. The third-order valence-corrected chi connectivity index (χ3v) is 0. The lowest BCUT2D eigenvalue weighted by molar-refractivity contribution is 1.50. The Kier molecular flexibility index (Phi) is 0. The third-order valence-electron chi connectivity index (χ3n) is 0. The molecule has 17 heavy (non-hydrogen) atoms. The molecule has 0 atom stereocenters. The quantitative estimate of drug-likeness (QED) is 0.409. The maximum atomic E-state index is 5.00. The summed E-state index contributed by atoms with van der Waals surface area (Å²) in [5, 5.41) is 0. The fourth-order valence-corrected chi connectivity index (χ4v) is 0. The van der Waals surface area contributed by atoms with E-state index in [4.69, 9.17) is 2.97 Å². The zero-order chi connectivity index (χ0) is 18.0. The van der Waals surface area contributed by atoms with E-state index in [1.54, 1.807) is 0 Å². The summed E-state index contributed by atoms with van der Waals surface area (Å²) in [6.45, 7) is 32.0. The van der Waals surface area contributed by atoms with Crippen LogP contribution in [-0.2, 0) is 0 Å². The molecule has 0 radical (unpaired) electrons. The van der Waals surface area contributed by atoms with E-state index in [2.05, 4.69) is 0 Å². The fraction of sp³-hybridized carbons (Fsp3) is 1.00. The summed E-state index contributed by atoms with van der Waals surface area (Å²) in [5.74, 6) is 0. The van der Waals surface area contributed by atoms with Crippen LogP contribution in [0.4, 0.5) is 0 Å². The van der Waals surface area contributed by atoms with E-state index in [0.29, 0.717) is 0 Å². The van der Waals surface area contributed by atoms with Gasteiger partial charge in [-0.2, -0.15) is 0 Å². The van der Waals surface area contributed by atoms with Crippen molar-refractivity contribution >= 4 is 0 Å². The second-order valence-electron chi connectivity index (χ2n) is 0. The van der Waals surface area contributed by atoms with Crippen molar-refractivity contribution in [2.45, 2.75) is 118 Å². The standard InChI is InChI=1S/8C2H6.CH4.2H2/c8*1-2;;;/h8*1-2H3;1H4;2*1H/i;;;;;;;;;1+2T;1+2. The average Bonchev–Trinajstić information content (AvgIpc) is 2.63. The Balaban J connectivity index is -0.00000000500. The van der Waals surface area contributed by atoms with Gasteiger partial charge in [0.1, 0.15) is 0 Å². The van der Waals surface area contributed by atoms with Crippen LogP contribution < -0.4 is 0 Å². The van der Waals surface area contributed by atoms with Crippen molar-refractivity contribution in [1.29, 1.82) is 0 Å². The predicted octanol–water partition coefficient (Wildman–Crippen LogP) is 9.34. The second-order valence-corrected chi connectivity index (χ2v) is 0. The highest BCUT2D eigenvalue weighted by Gasteiger charge is 0.946. The molecule has 0 rings (SSSR count). The maximum absolute atomic E-state index is 5.00. The van der Waals surface area contributed by atoms with Gasteiger partial charge in [-0.05, 0) is 0 Å². The van der Waals surface area contributed by atoms with Crippen molar-refractivity contribution in [3.63, 3.8) is 0 Å². The van der Waals surface area contributed by atoms with Gasteiger partial charge in [-0.1, -0.05) is 118 Å². The minimum absolute atomic E-state index is 0. The lowest BCUT2D eigenvalue weighted by Gasteiger charge is -1.07. The summed E-state index contributed by atoms with van der Waals surface area (Å²) in [6, 6.07) is 0. The van der Waals surface area contributed by atoms with Gasteiger partial charge in [0.15, 0.2) is 0 Å². The van der Waals surface area contributed by atoms with Crippen LogP contribution in [0.25, 0.3) is 0 Å². The van der Waals surface area contributed by atoms with Gasteiger partial charge in [0.25, 0.3) is 0 Å². The van der Waals surface area contributed by atoms with Crippen LogP contribution in [0.5, 0.6) is 0 Å². The molecule has 0 aromatic heterocycles. The van der Waals surface area contributed by atoms with Gasteiger partial charge in [0.05, 0.1) is 0 Å². The molecule has 0 heterocycles. The van der Waals surface area contributed by atoms with Gasteiger partial charge in [-0.25, -0.2) is 0 Å². The van der Waals surface area contributed by atoms with Crippen molar-refractivity contribution in [2.75, 3.05) is 0 Å². The molecule has 0 fully saturated rings. The van der Waals surface area contributed by atoms with Crippen molar-refractivity contribution in [3.8, 4) is 0 Å². The maximum Gasteiger partial charge on any atom is 0 e. The molecular formula is C17H56. The zero-order valence-corrected chi connectivity index (χ0v) is 16.0. The Morgan fingerprint density at radius 3 is 0.294 bits per heavy atom. The first kappa shape index (κ1) is 53.7. The Bertz CT molecular complexity index is 12.2. The van der Waals surface area contributed by atoms with Crippen LogP contribution in [0.3, 0.4) is 0 Å². The number of hydrogen-bond donors (Lipinski definition) is 0. The molecule has 0 heteroatoms. The molecule has 124 valence electrons. The molecule has 0 bridgehead atoms. The van der Waals surface area contributed by atoms with Gasteiger partial charge in [0, 0.05) is 4.40 Å². The Labute approximate surface area is 123 Å². The molecule has 0 aliphatic rings. The van der Waals surface area contributed by atoms with Crippen LogP contribution in [0.15, 0.2) is 0 Å². The third kappa shape index (κ3) is 0. The topological polar surface area (TPSA) is 0 Å². The lowest BCUT2D eigenvalue weighted by Crippen LogP contribution is -0.856. The van der Waals surface area contributed by atoms with Crippen LogP contribution in [0.1, 0.15) is 123 Å². The minimum Gasteiger partial charge on any atom is -0.0776 e. The van der Waals surface area contributed by atoms with Gasteiger partial charge >= 0.3 is 0 Å². The highest BCUT2D eigenvalue weighted by Crippen LogP contribution is 1.16. The Morgan fingerprint density at radius 1 is 0.294 bits per heavy atom. The first-order chi connectivity index (χ1) is 9.00. The lowest BCUT2D eigenvalue weighted by atomic mass is 11.0. The average molecular weight is 267 g/mol. The number of hydrogen-bond acceptors (Lipinski definition) is 0. The summed E-state index contributed by atoms with van der Waals surface area (Å²) < 4.78 is 10.0. The summed E-state index contributed by atoms with van der Waals surface area (Å²) in [7, 11) is 0. The molecule has 0 aromatic rings. The van der Waals surface area contributed by atoms with E-state index < -0.39 is 0 Å². The SMILES string of the molecule is C.CC.CC.CC.CC.CC.CC.CC.CC.[3HH].[3H][3H]. The largest absolute Gasteiger partial charge is 0.0776 e. The monoisotopic (exact) mass is 266 g/mol. The molecule has 0 aliphatic heterocycles. The molecule has 0 N–H and O–H groups in total. The number of rotatable bonds is 0. The molecule has 0 spiro atoms. The zero-order valence-electron chi connectivity index (χ0n) is 18.0. The van der Waals surface area contributed by atoms with Crippen LogP contribution in [0, 0.1) is 0 Å². The van der Waals surface area contributed by atoms with Crippen LogP contribution >= 0.6 is 0 Å². The summed E-state index contributed by atoms with van der Waals surface area (Å²) in [4.78, 5) is 0. The normalized spacial score (nSPS) is 3.29. The highest BCUT2D eigenvalue weighted by molar-refractivity contribution is 3.52. The Hall–Kier alpha value is 0. The smallest absolute Gasteiger partial charge is 0 e. The van der Waals surface area contributed by atoms with E-state index in [0.717, 1.165) is 0 Å². The molecule has 0 nitrogen and oxygen atoms in total. The van der Waals surface area contributed by atoms with E-state index in [9.17, 15) is 0 Å². The predicted molar refractivity (Wildman–Crippen MR) is 102 cm³/mol. The molecule has 0 amide bonds. The minimum atomic E-state index is 0. The summed E-state index contributed by atoms with van der Waals surface area (Å²) >= 11 is 0. The highest BCUT2D eigenvalue weighted by atomic mass is 13.0. The van der Waals surface area contributed by atoms with E-state index in [1.807, 2.05) is 111 Å². The van der Waals surface area contributed by atoms with E-state index in [1.165, 1.54) is 0 Å². The van der Waals surface area contributed by atoms with Crippen molar-refractivity contribution < 1.29 is 4.40 Å². The van der Waals surface area contributed by atoms with Crippen molar-refractivity contribution in [2.24, 2.45) is 0 Å². The molecule has 0 saturated heterocycles. The molecule has 0 saturated carbocycles. The van der Waals surface area contributed by atoms with E-state index >= 15 is 0 Å². The van der Waals surface area contributed by atoms with Gasteiger partial charge in [0.2, 0.25) is 0 Å². The van der Waals surface area contributed by atoms with Crippen molar-refractivity contribution in [1.82, 2.24) is 0 Å². The van der Waals surface area contributed by atoms with Crippen LogP contribution in [-0.4, -0.2) is 0 Å². The first-order valence-electron chi connectivity index (χ1n) is 9.00. The van der Waals surface area contributed by atoms with Gasteiger partial charge in [-0.15, -0.1) is 0 Å².